The lowest BCUT2D eigenvalue weighted by Crippen LogP contribution is -2.46. The zero-order valence-electron chi connectivity index (χ0n) is 11.8. The molecule has 0 amide bonds. The number of nitrogens with two attached hydrogens (primary N) is 1. The van der Waals surface area contributed by atoms with Crippen molar-refractivity contribution < 1.29 is 0 Å². The number of hydrogen-bond acceptors (Lipinski definition) is 3. The molecular weight excluding hydrogens is 302 g/mol. The van der Waals surface area contributed by atoms with E-state index in [1.165, 1.54) is 11.1 Å². The fourth-order valence-electron chi connectivity index (χ4n) is 2.69. The van der Waals surface area contributed by atoms with Gasteiger partial charge in [-0.15, -0.1) is 0 Å². The molecule has 0 aliphatic carbocycles. The molecule has 1 heterocycles. The molecule has 1 aromatic rings. The first-order chi connectivity index (χ1) is 9.08. The smallest absolute Gasteiger partial charge is 0.0336 e. The topological polar surface area (TPSA) is 41.3 Å². The number of piperazine rings is 1. The Bertz CT molecular complexity index is 416. The summed E-state index contributed by atoms with van der Waals surface area (Å²) >= 11 is 3.54. The van der Waals surface area contributed by atoms with Gasteiger partial charge in [-0.2, -0.15) is 0 Å². The van der Waals surface area contributed by atoms with Crippen molar-refractivity contribution in [1.29, 1.82) is 0 Å². The molecule has 0 saturated carbocycles. The fraction of sp³-hybridized carbons (Fsp3) is 0.600. The lowest BCUT2D eigenvalue weighted by atomic mass is 9.92. The second-order valence-corrected chi connectivity index (χ2v) is 6.47. The third kappa shape index (κ3) is 4.02. The maximum absolute atomic E-state index is 6.46. The minimum absolute atomic E-state index is 0.104. The van der Waals surface area contributed by atoms with Crippen molar-refractivity contribution in [2.45, 2.75) is 19.9 Å². The summed E-state index contributed by atoms with van der Waals surface area (Å²) in [6, 6.07) is 6.48. The van der Waals surface area contributed by atoms with Crippen LogP contribution in [0.15, 0.2) is 22.7 Å². The highest BCUT2D eigenvalue weighted by molar-refractivity contribution is 9.10. The van der Waals surface area contributed by atoms with Crippen LogP contribution in [-0.2, 0) is 0 Å². The molecule has 0 spiro atoms. The number of nitrogens with one attached hydrogen (secondary N) is 1. The molecule has 2 atom stereocenters. The molecule has 1 aliphatic rings. The number of nitrogens with zero attached hydrogens (tertiary/aromatic N) is 1. The van der Waals surface area contributed by atoms with Gasteiger partial charge in [0, 0.05) is 43.2 Å². The highest BCUT2D eigenvalue weighted by atomic mass is 79.9. The Morgan fingerprint density at radius 3 is 2.74 bits per heavy atom. The van der Waals surface area contributed by atoms with Gasteiger partial charge in [-0.25, -0.2) is 0 Å². The van der Waals surface area contributed by atoms with Crippen LogP contribution in [0.4, 0.5) is 0 Å². The van der Waals surface area contributed by atoms with Crippen LogP contribution in [0.3, 0.4) is 0 Å². The predicted molar refractivity (Wildman–Crippen MR) is 84.3 cm³/mol. The van der Waals surface area contributed by atoms with E-state index in [0.717, 1.165) is 37.2 Å². The van der Waals surface area contributed by atoms with Crippen LogP contribution in [0.25, 0.3) is 0 Å². The normalized spacial score (nSPS) is 20.2. The van der Waals surface area contributed by atoms with Crippen molar-refractivity contribution >= 4 is 15.9 Å². The van der Waals surface area contributed by atoms with E-state index in [-0.39, 0.29) is 6.04 Å². The van der Waals surface area contributed by atoms with Gasteiger partial charge in [0.1, 0.15) is 0 Å². The third-order valence-electron chi connectivity index (χ3n) is 3.97. The van der Waals surface area contributed by atoms with E-state index in [9.17, 15) is 0 Å². The van der Waals surface area contributed by atoms with Gasteiger partial charge in [-0.1, -0.05) is 28.9 Å². The number of aryl methyl sites for hydroxylation is 1. The van der Waals surface area contributed by atoms with Gasteiger partial charge < -0.3 is 16.0 Å². The average Bonchev–Trinajstić information content (AvgIpc) is 2.42. The van der Waals surface area contributed by atoms with Crippen LogP contribution in [0.2, 0.25) is 0 Å². The Hall–Kier alpha value is -0.420. The zero-order valence-corrected chi connectivity index (χ0v) is 13.4. The molecule has 1 fully saturated rings. The molecule has 4 heteroatoms. The van der Waals surface area contributed by atoms with Crippen LogP contribution in [0, 0.1) is 12.8 Å². The molecule has 106 valence electrons. The van der Waals surface area contributed by atoms with Crippen molar-refractivity contribution in [2.75, 3.05) is 32.7 Å². The first-order valence-electron chi connectivity index (χ1n) is 7.02. The Morgan fingerprint density at radius 2 is 2.05 bits per heavy atom. The summed E-state index contributed by atoms with van der Waals surface area (Å²) in [7, 11) is 0. The fourth-order valence-corrected chi connectivity index (χ4v) is 3.07. The number of benzene rings is 1. The highest BCUT2D eigenvalue weighted by Gasteiger charge is 2.20. The van der Waals surface area contributed by atoms with Crippen molar-refractivity contribution in [3.8, 4) is 0 Å². The zero-order chi connectivity index (χ0) is 13.8. The van der Waals surface area contributed by atoms with Crippen molar-refractivity contribution in [2.24, 2.45) is 11.7 Å². The third-order valence-corrected chi connectivity index (χ3v) is 4.46. The lowest BCUT2D eigenvalue weighted by Gasteiger charge is -2.32. The summed E-state index contributed by atoms with van der Waals surface area (Å²) in [6.45, 7) is 9.93. The first-order valence-corrected chi connectivity index (χ1v) is 7.82. The molecule has 0 radical (unpaired) electrons. The monoisotopic (exact) mass is 325 g/mol. The molecule has 3 nitrogen and oxygen atoms in total. The van der Waals surface area contributed by atoms with Crippen LogP contribution in [0.5, 0.6) is 0 Å². The van der Waals surface area contributed by atoms with Crippen molar-refractivity contribution in [3.05, 3.63) is 33.8 Å². The van der Waals surface area contributed by atoms with Crippen LogP contribution < -0.4 is 11.1 Å². The Kier molecular flexibility index (Phi) is 5.39. The van der Waals surface area contributed by atoms with E-state index >= 15 is 0 Å². The SMILES string of the molecule is Cc1ccc(Br)cc1C(N)C(C)CN1CCNCC1. The summed E-state index contributed by atoms with van der Waals surface area (Å²) in [5, 5.41) is 3.39. The maximum atomic E-state index is 6.46. The molecule has 1 aliphatic heterocycles. The van der Waals surface area contributed by atoms with Gasteiger partial charge in [-0.05, 0) is 36.1 Å². The predicted octanol–water partition coefficient (Wildman–Crippen LogP) is 2.30. The second kappa shape index (κ2) is 6.84. The molecule has 3 N–H and O–H groups in total. The second-order valence-electron chi connectivity index (χ2n) is 5.55. The van der Waals surface area contributed by atoms with Crippen molar-refractivity contribution in [3.63, 3.8) is 0 Å². The quantitative estimate of drug-likeness (QED) is 0.892. The van der Waals surface area contributed by atoms with E-state index in [2.05, 4.69) is 58.2 Å². The van der Waals surface area contributed by atoms with Gasteiger partial charge >= 0.3 is 0 Å². The van der Waals surface area contributed by atoms with E-state index < -0.39 is 0 Å². The molecule has 1 aromatic carbocycles. The molecule has 0 aromatic heterocycles. The minimum Gasteiger partial charge on any atom is -0.324 e. The molecule has 0 bridgehead atoms. The summed E-state index contributed by atoms with van der Waals surface area (Å²) in [5.74, 6) is 0.464. The van der Waals surface area contributed by atoms with Crippen molar-refractivity contribution in [1.82, 2.24) is 10.2 Å². The highest BCUT2D eigenvalue weighted by Crippen LogP contribution is 2.26. The van der Waals surface area contributed by atoms with Gasteiger partial charge in [-0.3, -0.25) is 0 Å². The summed E-state index contributed by atoms with van der Waals surface area (Å²) in [6.07, 6.45) is 0. The molecule has 2 rings (SSSR count). The van der Waals surface area contributed by atoms with E-state index in [0.29, 0.717) is 5.92 Å². The lowest BCUT2D eigenvalue weighted by molar-refractivity contribution is 0.199. The Balaban J connectivity index is 2.01. The molecule has 1 saturated heterocycles. The number of rotatable bonds is 4. The van der Waals surface area contributed by atoms with E-state index in [1.807, 2.05) is 0 Å². The average molecular weight is 326 g/mol. The van der Waals surface area contributed by atoms with E-state index in [4.69, 9.17) is 5.73 Å². The number of halogens is 1. The molecule has 2 unspecified atom stereocenters. The van der Waals surface area contributed by atoms with Crippen LogP contribution in [-0.4, -0.2) is 37.6 Å². The van der Waals surface area contributed by atoms with Crippen LogP contribution in [0.1, 0.15) is 24.1 Å². The minimum atomic E-state index is 0.104. The standard InChI is InChI=1S/C15H24BrN3/c1-11-3-4-13(16)9-14(11)15(17)12(2)10-19-7-5-18-6-8-19/h3-4,9,12,15,18H,5-8,10,17H2,1-2H3. The first kappa shape index (κ1) is 15.0. The Morgan fingerprint density at radius 1 is 1.37 bits per heavy atom. The largest absolute Gasteiger partial charge is 0.324 e. The summed E-state index contributed by atoms with van der Waals surface area (Å²) in [5.41, 5.74) is 9.00. The van der Waals surface area contributed by atoms with Crippen LogP contribution >= 0.6 is 15.9 Å². The summed E-state index contributed by atoms with van der Waals surface area (Å²) < 4.78 is 1.11. The number of hydrogen-bond donors (Lipinski definition) is 2. The van der Waals surface area contributed by atoms with Gasteiger partial charge in [0.15, 0.2) is 0 Å². The molecule has 19 heavy (non-hydrogen) atoms. The van der Waals surface area contributed by atoms with E-state index in [1.54, 1.807) is 0 Å². The van der Waals surface area contributed by atoms with Gasteiger partial charge in [0.25, 0.3) is 0 Å². The molecular formula is C15H24BrN3. The summed E-state index contributed by atoms with van der Waals surface area (Å²) in [4.78, 5) is 2.51. The van der Waals surface area contributed by atoms with Gasteiger partial charge in [0.2, 0.25) is 0 Å². The maximum Gasteiger partial charge on any atom is 0.0336 e. The Labute approximate surface area is 124 Å². The van der Waals surface area contributed by atoms with Gasteiger partial charge in [0.05, 0.1) is 0 Å².